The number of hydrogen-bond acceptors (Lipinski definition) is 3. The Bertz CT molecular complexity index is 759. The maximum atomic E-state index is 12.3. The van der Waals surface area contributed by atoms with Crippen LogP contribution in [0.1, 0.15) is 67.8 Å². The second-order valence-corrected chi connectivity index (χ2v) is 8.53. The van der Waals surface area contributed by atoms with E-state index in [1.807, 2.05) is 0 Å². The molecule has 5 heteroatoms. The summed E-state index contributed by atoms with van der Waals surface area (Å²) in [6, 6.07) is 4.78. The molecule has 1 aromatic carbocycles. The Balaban J connectivity index is 1.30. The number of carbonyl (C=O) groups is 1. The summed E-state index contributed by atoms with van der Waals surface area (Å²) in [6.45, 7) is 6.77. The number of likely N-dealkylation sites (tertiary alicyclic amines) is 1. The summed E-state index contributed by atoms with van der Waals surface area (Å²) >= 11 is 0. The summed E-state index contributed by atoms with van der Waals surface area (Å²) in [5, 5.41) is 3.24. The third-order valence-electron chi connectivity index (χ3n) is 6.43. The van der Waals surface area contributed by atoms with Crippen LogP contribution in [0.15, 0.2) is 12.1 Å². The van der Waals surface area contributed by atoms with E-state index in [9.17, 15) is 4.79 Å². The molecule has 0 unspecified atom stereocenters. The summed E-state index contributed by atoms with van der Waals surface area (Å²) < 4.78 is 0. The Labute approximate surface area is 161 Å². The van der Waals surface area contributed by atoms with Crippen molar-refractivity contribution in [1.82, 2.24) is 20.2 Å². The molecule has 0 bridgehead atoms. The molecule has 2 aromatic rings. The standard InChI is InChI=1S/C22H32N4O/c1-15-12-19-20(13-16(15)2)25-22(24-19)17-8-10-26(11-9-17)14-21(27)23-18-6-4-3-5-7-18/h12-13,17-18H,3-11,14H2,1-2H3,(H,23,27)(H,24,25). The predicted molar refractivity (Wildman–Crippen MR) is 109 cm³/mol. The van der Waals surface area contributed by atoms with Crippen LogP contribution < -0.4 is 5.32 Å². The normalized spacial score (nSPS) is 20.2. The van der Waals surface area contributed by atoms with Gasteiger partial charge in [0.25, 0.3) is 0 Å². The first kappa shape index (κ1) is 18.5. The van der Waals surface area contributed by atoms with Gasteiger partial charge in [-0.15, -0.1) is 0 Å². The quantitative estimate of drug-likeness (QED) is 0.863. The molecule has 1 aliphatic carbocycles. The Hall–Kier alpha value is -1.88. The number of aryl methyl sites for hydroxylation is 2. The number of H-pyrrole nitrogens is 1. The average Bonchev–Trinajstić information content (AvgIpc) is 3.06. The second-order valence-electron chi connectivity index (χ2n) is 8.53. The van der Waals surface area contributed by atoms with E-state index < -0.39 is 0 Å². The highest BCUT2D eigenvalue weighted by Gasteiger charge is 2.25. The number of aromatic nitrogens is 2. The van der Waals surface area contributed by atoms with Crippen LogP contribution in [0.25, 0.3) is 11.0 Å². The summed E-state index contributed by atoms with van der Waals surface area (Å²) in [5.74, 6) is 1.78. The largest absolute Gasteiger partial charge is 0.352 e. The topological polar surface area (TPSA) is 61.0 Å². The van der Waals surface area contributed by atoms with Crippen molar-refractivity contribution < 1.29 is 4.79 Å². The van der Waals surface area contributed by atoms with Crippen LogP contribution in [0.3, 0.4) is 0 Å². The number of benzene rings is 1. The molecule has 2 fully saturated rings. The second kappa shape index (κ2) is 8.01. The number of imidazole rings is 1. The van der Waals surface area contributed by atoms with Crippen molar-refractivity contribution in [2.75, 3.05) is 19.6 Å². The fraction of sp³-hybridized carbons (Fsp3) is 0.636. The number of fused-ring (bicyclic) bond motifs is 1. The number of rotatable bonds is 4. The number of piperidine rings is 1. The number of nitrogens with zero attached hydrogens (tertiary/aromatic N) is 2. The van der Waals surface area contributed by atoms with Gasteiger partial charge in [0.15, 0.2) is 0 Å². The van der Waals surface area contributed by atoms with Crippen LogP contribution in [0, 0.1) is 13.8 Å². The molecule has 1 aliphatic heterocycles. The van der Waals surface area contributed by atoms with Gasteiger partial charge in [-0.3, -0.25) is 9.69 Å². The van der Waals surface area contributed by atoms with Gasteiger partial charge in [0.05, 0.1) is 17.6 Å². The van der Waals surface area contributed by atoms with E-state index in [0.29, 0.717) is 18.5 Å². The minimum atomic E-state index is 0.204. The Morgan fingerprint density at radius 2 is 1.81 bits per heavy atom. The lowest BCUT2D eigenvalue weighted by Gasteiger charge is -2.31. The molecule has 0 spiro atoms. The van der Waals surface area contributed by atoms with Crippen molar-refractivity contribution in [3.05, 3.63) is 29.1 Å². The van der Waals surface area contributed by atoms with Crippen LogP contribution in [-0.4, -0.2) is 46.5 Å². The molecule has 2 heterocycles. The first-order chi connectivity index (χ1) is 13.1. The Kier molecular flexibility index (Phi) is 5.48. The van der Waals surface area contributed by atoms with Gasteiger partial charge >= 0.3 is 0 Å². The third kappa shape index (κ3) is 4.34. The van der Waals surface area contributed by atoms with Gasteiger partial charge in [0, 0.05) is 12.0 Å². The molecular formula is C22H32N4O. The molecule has 0 radical (unpaired) electrons. The first-order valence-electron chi connectivity index (χ1n) is 10.6. The van der Waals surface area contributed by atoms with Crippen molar-refractivity contribution in [2.45, 2.75) is 70.8 Å². The molecule has 27 heavy (non-hydrogen) atoms. The zero-order chi connectivity index (χ0) is 18.8. The van der Waals surface area contributed by atoms with Crippen molar-refractivity contribution >= 4 is 16.9 Å². The van der Waals surface area contributed by atoms with Gasteiger partial charge in [-0.2, -0.15) is 0 Å². The fourth-order valence-electron chi connectivity index (χ4n) is 4.57. The molecule has 1 saturated carbocycles. The first-order valence-corrected chi connectivity index (χ1v) is 10.6. The number of hydrogen-bond donors (Lipinski definition) is 2. The summed E-state index contributed by atoms with van der Waals surface area (Å²) in [4.78, 5) is 23.0. The molecule has 1 saturated heterocycles. The van der Waals surface area contributed by atoms with E-state index in [1.54, 1.807) is 0 Å². The van der Waals surface area contributed by atoms with E-state index in [4.69, 9.17) is 4.98 Å². The van der Waals surface area contributed by atoms with Crippen LogP contribution >= 0.6 is 0 Å². The predicted octanol–water partition coefficient (Wildman–Crippen LogP) is 3.81. The lowest BCUT2D eigenvalue weighted by atomic mass is 9.95. The van der Waals surface area contributed by atoms with Gasteiger partial charge in [0.2, 0.25) is 5.91 Å². The highest BCUT2D eigenvalue weighted by atomic mass is 16.2. The van der Waals surface area contributed by atoms with Gasteiger partial charge in [-0.1, -0.05) is 19.3 Å². The number of nitrogens with one attached hydrogen (secondary N) is 2. The van der Waals surface area contributed by atoms with Crippen LogP contribution in [-0.2, 0) is 4.79 Å². The molecule has 0 atom stereocenters. The van der Waals surface area contributed by atoms with Crippen LogP contribution in [0.2, 0.25) is 0 Å². The van der Waals surface area contributed by atoms with Crippen LogP contribution in [0.5, 0.6) is 0 Å². The minimum absolute atomic E-state index is 0.204. The monoisotopic (exact) mass is 368 g/mol. The van der Waals surface area contributed by atoms with E-state index in [-0.39, 0.29) is 5.91 Å². The lowest BCUT2D eigenvalue weighted by Crippen LogP contribution is -2.44. The van der Waals surface area contributed by atoms with Gasteiger partial charge < -0.3 is 10.3 Å². The number of carbonyl (C=O) groups excluding carboxylic acids is 1. The van der Waals surface area contributed by atoms with Crippen LogP contribution in [0.4, 0.5) is 0 Å². The maximum absolute atomic E-state index is 12.3. The Morgan fingerprint density at radius 3 is 2.56 bits per heavy atom. The van der Waals surface area contributed by atoms with Gasteiger partial charge in [-0.25, -0.2) is 4.98 Å². The third-order valence-corrected chi connectivity index (χ3v) is 6.43. The van der Waals surface area contributed by atoms with Crippen molar-refractivity contribution in [2.24, 2.45) is 0 Å². The summed E-state index contributed by atoms with van der Waals surface area (Å²) in [5.41, 5.74) is 4.81. The maximum Gasteiger partial charge on any atom is 0.234 e. The SMILES string of the molecule is Cc1cc2nc(C3CCN(CC(=O)NC4CCCCC4)CC3)[nH]c2cc1C. The molecule has 1 amide bonds. The number of amides is 1. The van der Waals surface area contributed by atoms with E-state index in [0.717, 1.165) is 55.6 Å². The Morgan fingerprint density at radius 1 is 1.11 bits per heavy atom. The zero-order valence-electron chi connectivity index (χ0n) is 16.7. The smallest absolute Gasteiger partial charge is 0.234 e. The highest BCUT2D eigenvalue weighted by Crippen LogP contribution is 2.28. The zero-order valence-corrected chi connectivity index (χ0v) is 16.7. The lowest BCUT2D eigenvalue weighted by molar-refractivity contribution is -0.123. The van der Waals surface area contributed by atoms with E-state index in [2.05, 4.69) is 41.2 Å². The van der Waals surface area contributed by atoms with E-state index in [1.165, 1.54) is 30.4 Å². The van der Waals surface area contributed by atoms with Gasteiger partial charge in [-0.05, 0) is 75.9 Å². The highest BCUT2D eigenvalue weighted by molar-refractivity contribution is 5.78. The molecule has 146 valence electrons. The average molecular weight is 369 g/mol. The molecular weight excluding hydrogens is 336 g/mol. The minimum Gasteiger partial charge on any atom is -0.352 e. The number of aromatic amines is 1. The molecule has 2 N–H and O–H groups in total. The fourth-order valence-corrected chi connectivity index (χ4v) is 4.57. The van der Waals surface area contributed by atoms with Crippen molar-refractivity contribution in [3.63, 3.8) is 0 Å². The van der Waals surface area contributed by atoms with E-state index >= 15 is 0 Å². The van der Waals surface area contributed by atoms with Crippen molar-refractivity contribution in [3.8, 4) is 0 Å². The van der Waals surface area contributed by atoms with Crippen molar-refractivity contribution in [1.29, 1.82) is 0 Å². The molecule has 2 aliphatic rings. The molecule has 1 aromatic heterocycles. The molecule has 5 nitrogen and oxygen atoms in total. The summed E-state index contributed by atoms with van der Waals surface area (Å²) in [7, 11) is 0. The summed E-state index contributed by atoms with van der Waals surface area (Å²) in [6.07, 6.45) is 8.27. The molecule has 4 rings (SSSR count). The van der Waals surface area contributed by atoms with Gasteiger partial charge in [0.1, 0.15) is 5.82 Å².